The highest BCUT2D eigenvalue weighted by atomic mass is 16.2. The van der Waals surface area contributed by atoms with Crippen LogP contribution in [0.25, 0.3) is 0 Å². The molecule has 1 saturated heterocycles. The topological polar surface area (TPSA) is 23.5 Å². The van der Waals surface area contributed by atoms with Crippen molar-refractivity contribution in [2.24, 2.45) is 0 Å². The van der Waals surface area contributed by atoms with Crippen LogP contribution in [0.5, 0.6) is 0 Å². The normalized spacial score (nSPS) is 24.6. The first-order valence-electron chi connectivity index (χ1n) is 6.00. The number of hydrogen-bond acceptors (Lipinski definition) is 2. The summed E-state index contributed by atoms with van der Waals surface area (Å²) in [5.74, 6) is 0.547. The number of rotatable bonds is 2. The monoisotopic (exact) mass is 217 g/mol. The zero-order valence-corrected chi connectivity index (χ0v) is 10.4. The first kappa shape index (κ1) is 11.7. The van der Waals surface area contributed by atoms with E-state index in [2.05, 4.69) is 49.0 Å². The van der Waals surface area contributed by atoms with Gasteiger partial charge in [0.25, 0.3) is 0 Å². The summed E-state index contributed by atoms with van der Waals surface area (Å²) in [6.45, 7) is 7.23. The van der Waals surface area contributed by atoms with E-state index in [4.69, 9.17) is 0 Å². The Labute approximate surface area is 98.4 Å². The first-order chi connectivity index (χ1) is 7.50. The summed E-state index contributed by atoms with van der Waals surface area (Å²) in [5, 5.41) is 9.78. The molecular weight excluding hydrogens is 197 g/mol. The molecule has 0 aromatic heterocycles. The zero-order chi connectivity index (χ0) is 11.8. The highest BCUT2D eigenvalue weighted by molar-refractivity contribution is 6.45. The molecule has 1 aromatic carbocycles. The van der Waals surface area contributed by atoms with E-state index in [0.29, 0.717) is 5.92 Å². The quantitative estimate of drug-likeness (QED) is 0.768. The number of hydrogen-bond donors (Lipinski definition) is 1. The summed E-state index contributed by atoms with van der Waals surface area (Å²) in [6.07, 6.45) is 1.11. The maximum absolute atomic E-state index is 9.78. The molecule has 1 aliphatic heterocycles. The van der Waals surface area contributed by atoms with Gasteiger partial charge in [0.15, 0.2) is 0 Å². The molecule has 0 radical (unpaired) electrons. The van der Waals surface area contributed by atoms with E-state index < -0.39 is 0 Å². The van der Waals surface area contributed by atoms with Crippen molar-refractivity contribution in [3.05, 3.63) is 35.9 Å². The van der Waals surface area contributed by atoms with Crippen LogP contribution in [-0.4, -0.2) is 29.0 Å². The minimum atomic E-state index is -0.358. The molecule has 0 aliphatic carbocycles. The Kier molecular flexibility index (Phi) is 3.09. The van der Waals surface area contributed by atoms with Crippen LogP contribution in [-0.2, 0) is 0 Å². The Hall–Kier alpha value is -0.795. The Morgan fingerprint density at radius 3 is 2.44 bits per heavy atom. The summed E-state index contributed by atoms with van der Waals surface area (Å²) in [5.41, 5.74) is 1.48. The molecule has 3 heteroatoms. The van der Waals surface area contributed by atoms with Gasteiger partial charge in [0.05, 0.1) is 0 Å². The third-order valence-electron chi connectivity index (χ3n) is 3.66. The van der Waals surface area contributed by atoms with Gasteiger partial charge >= 0.3 is 7.05 Å². The van der Waals surface area contributed by atoms with Crippen molar-refractivity contribution in [1.29, 1.82) is 0 Å². The van der Waals surface area contributed by atoms with E-state index in [1.165, 1.54) is 5.56 Å². The van der Waals surface area contributed by atoms with Crippen LogP contribution in [0.3, 0.4) is 0 Å². The second-order valence-electron chi connectivity index (χ2n) is 5.41. The summed E-state index contributed by atoms with van der Waals surface area (Å²) >= 11 is 0. The van der Waals surface area contributed by atoms with Gasteiger partial charge in [0.2, 0.25) is 0 Å². The van der Waals surface area contributed by atoms with Gasteiger partial charge in [-0.05, 0) is 45.1 Å². The van der Waals surface area contributed by atoms with Crippen LogP contribution >= 0.6 is 0 Å². The molecule has 0 spiro atoms. The van der Waals surface area contributed by atoms with E-state index in [1.807, 2.05) is 6.82 Å². The molecule has 2 nitrogen and oxygen atoms in total. The fraction of sp³-hybridized carbons (Fsp3) is 0.538. The Bertz CT molecular complexity index is 350. The summed E-state index contributed by atoms with van der Waals surface area (Å²) in [7, 11) is -0.358. The van der Waals surface area contributed by atoms with Crippen molar-refractivity contribution in [3.8, 4) is 0 Å². The SMILES string of the molecule is CB(O)N1CC(c2ccccc2)CC1(C)C. The lowest BCUT2D eigenvalue weighted by Crippen LogP contribution is -2.46. The predicted octanol–water partition coefficient (Wildman–Crippen LogP) is 2.36. The van der Waals surface area contributed by atoms with Gasteiger partial charge in [0, 0.05) is 5.54 Å². The van der Waals surface area contributed by atoms with E-state index >= 15 is 0 Å². The largest absolute Gasteiger partial charge is 0.437 e. The van der Waals surface area contributed by atoms with Gasteiger partial charge in [-0.15, -0.1) is 0 Å². The van der Waals surface area contributed by atoms with Gasteiger partial charge in [0.1, 0.15) is 0 Å². The Balaban J connectivity index is 2.18. The van der Waals surface area contributed by atoms with Crippen molar-refractivity contribution in [2.75, 3.05) is 6.54 Å². The molecule has 0 amide bonds. The highest BCUT2D eigenvalue weighted by Crippen LogP contribution is 2.38. The fourth-order valence-electron chi connectivity index (χ4n) is 2.88. The Morgan fingerprint density at radius 2 is 1.94 bits per heavy atom. The number of nitrogens with zero attached hydrogens (tertiary/aromatic N) is 1. The molecule has 16 heavy (non-hydrogen) atoms. The lowest BCUT2D eigenvalue weighted by molar-refractivity contribution is 0.259. The maximum Gasteiger partial charge on any atom is 0.376 e. The van der Waals surface area contributed by atoms with Crippen molar-refractivity contribution >= 4 is 7.05 Å². The van der Waals surface area contributed by atoms with Gasteiger partial charge in [-0.25, -0.2) is 0 Å². The van der Waals surface area contributed by atoms with Crippen LogP contribution in [0.4, 0.5) is 0 Å². The molecule has 0 bridgehead atoms. The van der Waals surface area contributed by atoms with Crippen LogP contribution in [0.15, 0.2) is 30.3 Å². The summed E-state index contributed by atoms with van der Waals surface area (Å²) < 4.78 is 0. The van der Waals surface area contributed by atoms with E-state index in [-0.39, 0.29) is 12.6 Å². The van der Waals surface area contributed by atoms with E-state index in [1.54, 1.807) is 0 Å². The summed E-state index contributed by atoms with van der Waals surface area (Å²) in [6, 6.07) is 10.6. The van der Waals surface area contributed by atoms with Crippen LogP contribution in [0.2, 0.25) is 6.82 Å². The molecule has 1 N–H and O–H groups in total. The lowest BCUT2D eigenvalue weighted by atomic mass is 9.81. The van der Waals surface area contributed by atoms with E-state index in [0.717, 1.165) is 13.0 Å². The lowest BCUT2D eigenvalue weighted by Gasteiger charge is -2.32. The van der Waals surface area contributed by atoms with Crippen molar-refractivity contribution in [2.45, 2.75) is 38.5 Å². The van der Waals surface area contributed by atoms with Crippen LogP contribution < -0.4 is 0 Å². The molecule has 0 saturated carbocycles. The van der Waals surface area contributed by atoms with Gasteiger partial charge in [-0.1, -0.05) is 30.3 Å². The van der Waals surface area contributed by atoms with Crippen LogP contribution in [0.1, 0.15) is 31.7 Å². The molecule has 1 aromatic rings. The maximum atomic E-state index is 9.78. The smallest absolute Gasteiger partial charge is 0.376 e. The fourth-order valence-corrected chi connectivity index (χ4v) is 2.88. The van der Waals surface area contributed by atoms with Crippen molar-refractivity contribution in [1.82, 2.24) is 4.81 Å². The minimum Gasteiger partial charge on any atom is -0.437 e. The number of benzene rings is 1. The van der Waals surface area contributed by atoms with Gasteiger partial charge in [-0.3, -0.25) is 0 Å². The molecule has 1 aliphatic rings. The first-order valence-corrected chi connectivity index (χ1v) is 6.00. The molecule has 1 atom stereocenters. The molecule has 2 rings (SSSR count). The molecular formula is C13H20BNO. The second-order valence-corrected chi connectivity index (χ2v) is 5.41. The molecule has 86 valence electrons. The zero-order valence-electron chi connectivity index (χ0n) is 10.4. The minimum absolute atomic E-state index is 0.0919. The molecule has 1 fully saturated rings. The molecule has 1 unspecified atom stereocenters. The standard InChI is InChI=1S/C13H20BNO/c1-13(2)9-12(10-15(13)14(3)16)11-7-5-4-6-8-11/h4-8,12,16H,9-10H2,1-3H3. The van der Waals surface area contributed by atoms with Crippen molar-refractivity contribution < 1.29 is 5.02 Å². The third-order valence-corrected chi connectivity index (χ3v) is 3.66. The second kappa shape index (κ2) is 4.23. The van der Waals surface area contributed by atoms with Gasteiger partial charge < -0.3 is 9.83 Å². The van der Waals surface area contributed by atoms with Gasteiger partial charge in [-0.2, -0.15) is 0 Å². The van der Waals surface area contributed by atoms with Crippen LogP contribution in [0, 0.1) is 0 Å². The molecule has 1 heterocycles. The Morgan fingerprint density at radius 1 is 1.31 bits per heavy atom. The predicted molar refractivity (Wildman–Crippen MR) is 68.4 cm³/mol. The van der Waals surface area contributed by atoms with Crippen molar-refractivity contribution in [3.63, 3.8) is 0 Å². The van der Waals surface area contributed by atoms with E-state index in [9.17, 15) is 5.02 Å². The third kappa shape index (κ3) is 2.16. The summed E-state index contributed by atoms with van der Waals surface area (Å²) in [4.78, 5) is 2.19. The highest BCUT2D eigenvalue weighted by Gasteiger charge is 2.41. The average Bonchev–Trinajstić information content (AvgIpc) is 2.56. The average molecular weight is 217 g/mol.